The second-order valence-corrected chi connectivity index (χ2v) is 5.51. The van der Waals surface area contributed by atoms with Crippen molar-refractivity contribution < 1.29 is 19.1 Å². The maximum absolute atomic E-state index is 11.9. The molecule has 1 aromatic rings. The van der Waals surface area contributed by atoms with Gasteiger partial charge in [0, 0.05) is 10.7 Å². The van der Waals surface area contributed by atoms with Crippen molar-refractivity contribution in [1.29, 1.82) is 5.26 Å². The fraction of sp³-hybridized carbons (Fsp3) is 0.250. The van der Waals surface area contributed by atoms with Crippen molar-refractivity contribution in [3.63, 3.8) is 0 Å². The third-order valence-corrected chi connectivity index (χ3v) is 3.36. The number of hydrogen-bond donors (Lipinski definition) is 3. The van der Waals surface area contributed by atoms with Gasteiger partial charge in [-0.1, -0.05) is 23.7 Å². The van der Waals surface area contributed by atoms with E-state index in [1.165, 1.54) is 6.92 Å². The lowest BCUT2D eigenvalue weighted by Crippen LogP contribution is -2.34. The number of nitrogens with one attached hydrogen (secondary N) is 1. The molecule has 9 heteroatoms. The Morgan fingerprint density at radius 2 is 1.88 bits per heavy atom. The van der Waals surface area contributed by atoms with Crippen LogP contribution in [0.1, 0.15) is 24.9 Å². The third-order valence-electron chi connectivity index (χ3n) is 3.11. The predicted molar refractivity (Wildman–Crippen MR) is 90.0 cm³/mol. The van der Waals surface area contributed by atoms with Gasteiger partial charge in [-0.15, -0.1) is 0 Å². The van der Waals surface area contributed by atoms with Gasteiger partial charge >= 0.3 is 12.0 Å². The molecule has 0 radical (unpaired) electrons. The van der Waals surface area contributed by atoms with Gasteiger partial charge in [-0.2, -0.15) is 5.26 Å². The highest BCUT2D eigenvalue weighted by atomic mass is 35.5. The zero-order valence-corrected chi connectivity index (χ0v) is 14.2. The van der Waals surface area contributed by atoms with Gasteiger partial charge in [-0.05, 0) is 24.6 Å². The molecule has 0 heterocycles. The predicted octanol–water partition coefficient (Wildman–Crippen LogP) is 1.31. The summed E-state index contributed by atoms with van der Waals surface area (Å²) in [5, 5.41) is 11.7. The van der Waals surface area contributed by atoms with E-state index in [1.54, 1.807) is 30.3 Å². The minimum Gasteiger partial charge on any atom is -0.457 e. The Bertz CT molecular complexity index is 733. The minimum absolute atomic E-state index is 0.0398. The number of primary amides is 1. The number of nitrogens with zero attached hydrogens (tertiary/aromatic N) is 1. The van der Waals surface area contributed by atoms with E-state index < -0.39 is 30.4 Å². The average Bonchev–Trinajstić information content (AvgIpc) is 2.53. The summed E-state index contributed by atoms with van der Waals surface area (Å²) in [7, 11) is 0. The number of allylic oxidation sites excluding steroid dienone is 1. The van der Waals surface area contributed by atoms with Crippen molar-refractivity contribution in [3.8, 4) is 6.07 Å². The van der Waals surface area contributed by atoms with E-state index in [1.807, 2.05) is 0 Å². The second-order valence-electron chi connectivity index (χ2n) is 5.07. The fourth-order valence-electron chi connectivity index (χ4n) is 1.93. The van der Waals surface area contributed by atoms with Crippen molar-refractivity contribution in [1.82, 2.24) is 5.32 Å². The molecule has 1 aromatic carbocycles. The van der Waals surface area contributed by atoms with Crippen LogP contribution in [-0.2, 0) is 14.3 Å². The van der Waals surface area contributed by atoms with Crippen LogP contribution < -0.4 is 16.8 Å². The summed E-state index contributed by atoms with van der Waals surface area (Å²) in [4.78, 5) is 34.8. The molecule has 1 rings (SSSR count). The van der Waals surface area contributed by atoms with Gasteiger partial charge in [0.15, 0.2) is 6.61 Å². The highest BCUT2D eigenvalue weighted by Gasteiger charge is 2.20. The largest absolute Gasteiger partial charge is 0.457 e. The number of nitrogens with two attached hydrogens (primary N) is 2. The molecule has 1 atom stereocenters. The molecule has 0 aliphatic heterocycles. The maximum Gasteiger partial charge on any atom is 0.312 e. The number of carbonyl (C=O) groups is 3. The molecule has 0 fully saturated rings. The van der Waals surface area contributed by atoms with Gasteiger partial charge < -0.3 is 21.5 Å². The maximum atomic E-state index is 11.9. The number of Topliss-reactive ketones (excluding diaryl/α,β-unsaturated/α-hetero) is 1. The highest BCUT2D eigenvalue weighted by Crippen LogP contribution is 2.20. The SMILES string of the molecule is C/C(N)=C(/C#N)C(=O)COC(=O)CC(NC(N)=O)c1ccc(Cl)cc1. The smallest absolute Gasteiger partial charge is 0.312 e. The Labute approximate surface area is 149 Å². The van der Waals surface area contributed by atoms with Gasteiger partial charge in [-0.3, -0.25) is 9.59 Å². The first-order valence-electron chi connectivity index (χ1n) is 7.11. The van der Waals surface area contributed by atoms with E-state index in [2.05, 4.69) is 5.32 Å². The van der Waals surface area contributed by atoms with Crippen LogP contribution in [0.15, 0.2) is 35.5 Å². The summed E-state index contributed by atoms with van der Waals surface area (Å²) < 4.78 is 4.85. The molecule has 5 N–H and O–H groups in total. The number of urea groups is 1. The molecular formula is C16H17ClN4O4. The van der Waals surface area contributed by atoms with Gasteiger partial charge in [0.05, 0.1) is 12.5 Å². The van der Waals surface area contributed by atoms with Crippen LogP contribution >= 0.6 is 11.6 Å². The lowest BCUT2D eigenvalue weighted by molar-refractivity contribution is -0.147. The van der Waals surface area contributed by atoms with Gasteiger partial charge in [-0.25, -0.2) is 4.79 Å². The van der Waals surface area contributed by atoms with E-state index in [0.29, 0.717) is 10.6 Å². The molecule has 0 saturated carbocycles. The van der Waals surface area contributed by atoms with E-state index in [4.69, 9.17) is 33.1 Å². The van der Waals surface area contributed by atoms with Crippen LogP contribution in [0, 0.1) is 11.3 Å². The molecule has 0 spiro atoms. The lowest BCUT2D eigenvalue weighted by Gasteiger charge is -2.17. The second kappa shape index (κ2) is 9.30. The Hall–Kier alpha value is -3.05. The van der Waals surface area contributed by atoms with Crippen LogP contribution in [0.25, 0.3) is 0 Å². The van der Waals surface area contributed by atoms with E-state index in [9.17, 15) is 14.4 Å². The Kier molecular flexibility index (Phi) is 7.43. The average molecular weight is 365 g/mol. The topological polar surface area (TPSA) is 148 Å². The van der Waals surface area contributed by atoms with Crippen LogP contribution in [0.4, 0.5) is 4.79 Å². The molecule has 0 aromatic heterocycles. The lowest BCUT2D eigenvalue weighted by atomic mass is 10.0. The van der Waals surface area contributed by atoms with Crippen molar-refractivity contribution in [3.05, 3.63) is 46.1 Å². The van der Waals surface area contributed by atoms with Crippen molar-refractivity contribution in [2.75, 3.05) is 6.61 Å². The quantitative estimate of drug-likeness (QED) is 0.377. The monoisotopic (exact) mass is 364 g/mol. The number of halogens is 1. The number of nitriles is 1. The summed E-state index contributed by atoms with van der Waals surface area (Å²) in [6.07, 6.45) is -0.259. The molecule has 132 valence electrons. The third kappa shape index (κ3) is 6.53. The number of hydrogen-bond acceptors (Lipinski definition) is 6. The number of rotatable bonds is 7. The van der Waals surface area contributed by atoms with Gasteiger partial charge in [0.1, 0.15) is 11.6 Å². The molecule has 1 unspecified atom stereocenters. The fourth-order valence-corrected chi connectivity index (χ4v) is 2.06. The molecule has 8 nitrogen and oxygen atoms in total. The first-order valence-corrected chi connectivity index (χ1v) is 7.49. The van der Waals surface area contributed by atoms with E-state index in [-0.39, 0.29) is 17.7 Å². The molecule has 25 heavy (non-hydrogen) atoms. The zero-order chi connectivity index (χ0) is 19.0. The number of amides is 2. The molecule has 0 aliphatic carbocycles. The van der Waals surface area contributed by atoms with Gasteiger partial charge in [0.25, 0.3) is 0 Å². The van der Waals surface area contributed by atoms with Crippen molar-refractivity contribution >= 4 is 29.4 Å². The summed E-state index contributed by atoms with van der Waals surface area (Å²) in [6, 6.07) is 6.51. The highest BCUT2D eigenvalue weighted by molar-refractivity contribution is 6.30. The van der Waals surface area contributed by atoms with Crippen LogP contribution in [0.5, 0.6) is 0 Å². The number of ketones is 1. The molecule has 0 aliphatic rings. The van der Waals surface area contributed by atoms with E-state index in [0.717, 1.165) is 0 Å². The number of benzene rings is 1. The Morgan fingerprint density at radius 1 is 1.28 bits per heavy atom. The first-order chi connectivity index (χ1) is 11.7. The summed E-state index contributed by atoms with van der Waals surface area (Å²) in [6.45, 7) is 0.770. The number of ether oxygens (including phenoxy) is 1. The van der Waals surface area contributed by atoms with Crippen LogP contribution in [0.3, 0.4) is 0 Å². The van der Waals surface area contributed by atoms with Gasteiger partial charge in [0.2, 0.25) is 5.78 Å². The summed E-state index contributed by atoms with van der Waals surface area (Å²) >= 11 is 5.80. The van der Waals surface area contributed by atoms with Crippen LogP contribution in [0.2, 0.25) is 5.02 Å². The van der Waals surface area contributed by atoms with Crippen molar-refractivity contribution in [2.45, 2.75) is 19.4 Å². The minimum atomic E-state index is -0.822. The summed E-state index contributed by atoms with van der Waals surface area (Å²) in [5.74, 6) is -1.46. The molecular weight excluding hydrogens is 348 g/mol. The Balaban J connectivity index is 2.75. The molecule has 0 bridgehead atoms. The van der Waals surface area contributed by atoms with Crippen molar-refractivity contribution in [2.24, 2.45) is 11.5 Å². The summed E-state index contributed by atoms with van der Waals surface area (Å²) in [5.41, 5.74) is 10.9. The van der Waals surface area contributed by atoms with Crippen LogP contribution in [-0.4, -0.2) is 24.4 Å². The first kappa shape index (κ1) is 20.0. The normalized spacial score (nSPS) is 12.4. The number of esters is 1. The zero-order valence-electron chi connectivity index (χ0n) is 13.4. The van der Waals surface area contributed by atoms with E-state index >= 15 is 0 Å². The Morgan fingerprint density at radius 3 is 2.36 bits per heavy atom. The standard InChI is InChI=1S/C16H17ClN4O4/c1-9(19)12(7-18)14(22)8-25-15(23)6-13(21-16(20)24)10-2-4-11(17)5-3-10/h2-5,13H,6,8,19H2,1H3,(H3,20,21,24)/b12-9+. The molecule has 0 saturated heterocycles. The molecule has 2 amide bonds. The number of carbonyl (C=O) groups excluding carboxylic acids is 3.